The van der Waals surface area contributed by atoms with E-state index in [2.05, 4.69) is 5.32 Å². The lowest BCUT2D eigenvalue weighted by Gasteiger charge is -2.25. The van der Waals surface area contributed by atoms with Gasteiger partial charge in [0.2, 0.25) is 15.9 Å². The van der Waals surface area contributed by atoms with Crippen LogP contribution in [0.4, 0.5) is 0 Å². The Balaban J connectivity index is 1.72. The lowest BCUT2D eigenvalue weighted by molar-refractivity contribution is -0.142. The molecule has 0 bridgehead atoms. The Morgan fingerprint density at radius 1 is 1.21 bits per heavy atom. The van der Waals surface area contributed by atoms with Crippen LogP contribution in [0.3, 0.4) is 0 Å². The highest BCUT2D eigenvalue weighted by Gasteiger charge is 2.40. The fourth-order valence-electron chi connectivity index (χ4n) is 3.80. The second kappa shape index (κ2) is 10.3. The number of carbonyl (C=O) groups excluding carboxylic acids is 1. The van der Waals surface area contributed by atoms with Crippen molar-refractivity contribution in [1.82, 2.24) is 9.62 Å². The maximum Gasteiger partial charge on any atom is 0.326 e. The third-order valence-electron chi connectivity index (χ3n) is 5.31. The quantitative estimate of drug-likeness (QED) is 0.564. The third-order valence-corrected chi connectivity index (χ3v) is 7.45. The van der Waals surface area contributed by atoms with E-state index >= 15 is 0 Å². The predicted molar refractivity (Wildman–Crippen MR) is 128 cm³/mol. The molecule has 0 radical (unpaired) electrons. The summed E-state index contributed by atoms with van der Waals surface area (Å²) >= 11 is 5.94. The van der Waals surface area contributed by atoms with Crippen molar-refractivity contribution in [3.8, 4) is 5.75 Å². The molecule has 0 saturated carbocycles. The summed E-state index contributed by atoms with van der Waals surface area (Å²) in [5.41, 5.74) is 0.335. The zero-order valence-corrected chi connectivity index (χ0v) is 20.9. The zero-order valence-electron chi connectivity index (χ0n) is 19.3. The van der Waals surface area contributed by atoms with E-state index in [1.807, 2.05) is 20.8 Å². The van der Waals surface area contributed by atoms with E-state index in [1.165, 1.54) is 18.2 Å². The van der Waals surface area contributed by atoms with Gasteiger partial charge >= 0.3 is 5.97 Å². The summed E-state index contributed by atoms with van der Waals surface area (Å²) in [6.07, 6.45) is 0.840. The van der Waals surface area contributed by atoms with Gasteiger partial charge < -0.3 is 15.2 Å². The number of carboxylic acids is 1. The number of carboxylic acid groups (broad SMARTS) is 1. The van der Waals surface area contributed by atoms with Gasteiger partial charge in [0, 0.05) is 18.0 Å². The monoisotopic (exact) mass is 508 g/mol. The van der Waals surface area contributed by atoms with Gasteiger partial charge in [-0.25, -0.2) is 13.2 Å². The number of aliphatic carboxylic acids is 1. The molecule has 8 nitrogen and oxygen atoms in total. The molecule has 2 atom stereocenters. The first-order chi connectivity index (χ1) is 15.9. The topological polar surface area (TPSA) is 113 Å². The molecular weight excluding hydrogens is 480 g/mol. The van der Waals surface area contributed by atoms with Crippen LogP contribution in [0.25, 0.3) is 0 Å². The Labute approximate surface area is 204 Å². The molecule has 10 heteroatoms. The number of halogens is 1. The molecule has 3 rings (SSSR count). The van der Waals surface area contributed by atoms with Gasteiger partial charge in [0.25, 0.3) is 0 Å². The van der Waals surface area contributed by atoms with Gasteiger partial charge in [-0.05, 0) is 69.5 Å². The van der Waals surface area contributed by atoms with E-state index in [0.29, 0.717) is 24.2 Å². The molecule has 2 aromatic rings. The maximum absolute atomic E-state index is 13.1. The highest BCUT2D eigenvalue weighted by Crippen LogP contribution is 2.28. The third kappa shape index (κ3) is 6.49. The van der Waals surface area contributed by atoms with Crippen molar-refractivity contribution in [3.63, 3.8) is 0 Å². The number of rotatable bonds is 8. The standard InChI is InChI=1S/C24H29ClN2O6S/c1-24(2,3)33-18-11-9-16(10-12-18)14-20(23(29)30)26-22(28)21-8-5-13-27(21)34(31,32)19-7-4-6-17(25)15-19/h4,6-7,9-12,15,20-21H,5,8,13-14H2,1-3H3,(H,26,28)(H,29,30)/t20-,21-/m0/s1. The van der Waals surface area contributed by atoms with E-state index in [9.17, 15) is 23.1 Å². The molecule has 2 N–H and O–H groups in total. The minimum atomic E-state index is -3.96. The molecule has 1 aliphatic rings. The first kappa shape index (κ1) is 26.0. The van der Waals surface area contributed by atoms with Gasteiger partial charge in [-0.3, -0.25) is 4.79 Å². The lowest BCUT2D eigenvalue weighted by atomic mass is 10.0. The van der Waals surface area contributed by atoms with Gasteiger partial charge in [0.15, 0.2) is 0 Å². The molecule has 2 aromatic carbocycles. The van der Waals surface area contributed by atoms with Crippen LogP contribution in [0.15, 0.2) is 53.4 Å². The maximum atomic E-state index is 13.1. The number of hydrogen-bond donors (Lipinski definition) is 2. The van der Waals surface area contributed by atoms with Crippen molar-refractivity contribution in [1.29, 1.82) is 0 Å². The van der Waals surface area contributed by atoms with Crippen LogP contribution in [-0.2, 0) is 26.0 Å². The normalized spacial score (nSPS) is 17.8. The fourth-order valence-corrected chi connectivity index (χ4v) is 5.76. The van der Waals surface area contributed by atoms with Gasteiger partial charge in [-0.15, -0.1) is 0 Å². The molecule has 1 saturated heterocycles. The predicted octanol–water partition coefficient (Wildman–Crippen LogP) is 3.48. The number of sulfonamides is 1. The second-order valence-corrected chi connectivity index (χ2v) is 11.5. The molecule has 1 aliphatic heterocycles. The van der Waals surface area contributed by atoms with Crippen molar-refractivity contribution >= 4 is 33.5 Å². The molecule has 0 aliphatic carbocycles. The highest BCUT2D eigenvalue weighted by atomic mass is 35.5. The Kier molecular flexibility index (Phi) is 7.90. The average molecular weight is 509 g/mol. The van der Waals surface area contributed by atoms with Gasteiger partial charge in [0.05, 0.1) is 4.90 Å². The van der Waals surface area contributed by atoms with Crippen molar-refractivity contribution < 1.29 is 27.9 Å². The van der Waals surface area contributed by atoms with Crippen LogP contribution < -0.4 is 10.1 Å². The summed E-state index contributed by atoms with van der Waals surface area (Å²) in [6, 6.07) is 10.6. The van der Waals surface area contributed by atoms with Crippen LogP contribution in [0, 0.1) is 0 Å². The summed E-state index contributed by atoms with van der Waals surface area (Å²) in [6.45, 7) is 5.95. The molecular formula is C24H29ClN2O6S. The molecule has 0 aromatic heterocycles. The van der Waals surface area contributed by atoms with E-state index in [1.54, 1.807) is 30.3 Å². The summed E-state index contributed by atoms with van der Waals surface area (Å²) in [5, 5.41) is 12.5. The highest BCUT2D eigenvalue weighted by molar-refractivity contribution is 7.89. The van der Waals surface area contributed by atoms with Crippen molar-refractivity contribution in [2.75, 3.05) is 6.54 Å². The molecule has 0 unspecified atom stereocenters. The van der Waals surface area contributed by atoms with E-state index in [-0.39, 0.29) is 28.5 Å². The first-order valence-corrected chi connectivity index (χ1v) is 12.8. The van der Waals surface area contributed by atoms with E-state index in [0.717, 1.165) is 4.31 Å². The number of ether oxygens (including phenoxy) is 1. The molecule has 0 spiro atoms. The molecule has 1 heterocycles. The average Bonchev–Trinajstić information content (AvgIpc) is 3.24. The Bertz CT molecular complexity index is 1140. The summed E-state index contributed by atoms with van der Waals surface area (Å²) in [4.78, 5) is 24.8. The Hall–Kier alpha value is -2.62. The Morgan fingerprint density at radius 2 is 1.88 bits per heavy atom. The minimum Gasteiger partial charge on any atom is -0.488 e. The zero-order chi connectivity index (χ0) is 25.1. The smallest absolute Gasteiger partial charge is 0.326 e. The lowest BCUT2D eigenvalue weighted by Crippen LogP contribution is -2.51. The summed E-state index contributed by atoms with van der Waals surface area (Å²) < 4.78 is 33.1. The van der Waals surface area contributed by atoms with Crippen LogP contribution in [-0.4, -0.2) is 53.9 Å². The van der Waals surface area contributed by atoms with Crippen molar-refractivity contribution in [3.05, 3.63) is 59.1 Å². The largest absolute Gasteiger partial charge is 0.488 e. The number of nitrogens with one attached hydrogen (secondary N) is 1. The van der Waals surface area contributed by atoms with Gasteiger partial charge in [-0.2, -0.15) is 4.31 Å². The fraction of sp³-hybridized carbons (Fsp3) is 0.417. The van der Waals surface area contributed by atoms with E-state index < -0.39 is 34.0 Å². The molecule has 1 amide bonds. The van der Waals surface area contributed by atoms with Crippen LogP contribution in [0.1, 0.15) is 39.2 Å². The van der Waals surface area contributed by atoms with Crippen LogP contribution >= 0.6 is 11.6 Å². The van der Waals surface area contributed by atoms with Gasteiger partial charge in [0.1, 0.15) is 23.4 Å². The minimum absolute atomic E-state index is 0.00736. The number of amides is 1. The number of carbonyl (C=O) groups is 2. The van der Waals surface area contributed by atoms with Crippen molar-refractivity contribution in [2.24, 2.45) is 0 Å². The van der Waals surface area contributed by atoms with Gasteiger partial charge in [-0.1, -0.05) is 29.8 Å². The summed E-state index contributed by atoms with van der Waals surface area (Å²) in [7, 11) is -3.96. The SMILES string of the molecule is CC(C)(C)Oc1ccc(C[C@H](NC(=O)[C@@H]2CCCN2S(=O)(=O)c2cccc(Cl)c2)C(=O)O)cc1. The number of nitrogens with zero attached hydrogens (tertiary/aromatic N) is 1. The Morgan fingerprint density at radius 3 is 2.47 bits per heavy atom. The second-order valence-electron chi connectivity index (χ2n) is 9.19. The summed E-state index contributed by atoms with van der Waals surface area (Å²) in [5.74, 6) is -1.19. The van der Waals surface area contributed by atoms with Crippen LogP contribution in [0.2, 0.25) is 5.02 Å². The molecule has 34 heavy (non-hydrogen) atoms. The number of hydrogen-bond acceptors (Lipinski definition) is 5. The molecule has 1 fully saturated rings. The van der Waals surface area contributed by atoms with Crippen LogP contribution in [0.5, 0.6) is 5.75 Å². The van der Waals surface area contributed by atoms with Crippen molar-refractivity contribution in [2.45, 2.75) is 62.6 Å². The van der Waals surface area contributed by atoms with E-state index in [4.69, 9.17) is 16.3 Å². The molecule has 184 valence electrons. The number of benzene rings is 2. The first-order valence-electron chi connectivity index (χ1n) is 11.0.